The van der Waals surface area contributed by atoms with Crippen LogP contribution >= 0.6 is 0 Å². The molecule has 0 heterocycles. The first-order chi connectivity index (χ1) is 13.3. The van der Waals surface area contributed by atoms with Gasteiger partial charge < -0.3 is 10.1 Å². The van der Waals surface area contributed by atoms with Crippen molar-refractivity contribution in [3.05, 3.63) is 34.1 Å². The van der Waals surface area contributed by atoms with E-state index in [0.29, 0.717) is 23.8 Å². The second-order valence-corrected chi connectivity index (χ2v) is 8.36. The minimum absolute atomic E-state index is 0.218. The molecule has 4 fully saturated rings. The molecule has 0 spiro atoms. The van der Waals surface area contributed by atoms with Crippen molar-refractivity contribution in [2.24, 2.45) is 17.8 Å². The number of halogens is 1. The number of hydrogen-bond acceptors (Lipinski definition) is 5. The number of imide groups is 1. The predicted molar refractivity (Wildman–Crippen MR) is 96.1 cm³/mol. The number of ether oxygens (including phenoxy) is 1. The fourth-order valence-electron chi connectivity index (χ4n) is 5.56. The number of urea groups is 1. The normalized spacial score (nSPS) is 30.0. The fourth-order valence-corrected chi connectivity index (χ4v) is 5.56. The Labute approximate surface area is 161 Å². The molecule has 0 aromatic heterocycles. The second-order valence-electron chi connectivity index (χ2n) is 8.36. The van der Waals surface area contributed by atoms with Gasteiger partial charge in [0.25, 0.3) is 11.6 Å². The summed E-state index contributed by atoms with van der Waals surface area (Å²) < 4.78 is 18.8. The van der Waals surface area contributed by atoms with E-state index in [1.807, 2.05) is 0 Å². The van der Waals surface area contributed by atoms with E-state index in [0.717, 1.165) is 31.4 Å². The Balaban J connectivity index is 1.28. The maximum absolute atomic E-state index is 13.8. The van der Waals surface area contributed by atoms with Crippen LogP contribution in [0.15, 0.2) is 18.2 Å². The number of amides is 3. The Morgan fingerprint density at radius 1 is 1.18 bits per heavy atom. The lowest BCUT2D eigenvalue weighted by atomic mass is 9.53. The monoisotopic (exact) mass is 391 g/mol. The summed E-state index contributed by atoms with van der Waals surface area (Å²) in [5, 5.41) is 15.8. The predicted octanol–water partition coefficient (Wildman–Crippen LogP) is 2.91. The van der Waals surface area contributed by atoms with E-state index < -0.39 is 35.0 Å². The minimum atomic E-state index is -0.944. The zero-order valence-corrected chi connectivity index (χ0v) is 15.3. The van der Waals surface area contributed by atoms with Crippen molar-refractivity contribution >= 4 is 17.6 Å². The first-order valence-corrected chi connectivity index (χ1v) is 9.51. The van der Waals surface area contributed by atoms with Crippen LogP contribution in [0, 0.1) is 33.7 Å². The Kier molecular flexibility index (Phi) is 4.68. The summed E-state index contributed by atoms with van der Waals surface area (Å²) in [6.45, 7) is -0.566. The largest absolute Gasteiger partial charge is 0.481 e. The van der Waals surface area contributed by atoms with E-state index in [1.54, 1.807) is 0 Å². The number of nitro benzene ring substituents is 1. The molecule has 2 N–H and O–H groups in total. The summed E-state index contributed by atoms with van der Waals surface area (Å²) in [4.78, 5) is 34.1. The summed E-state index contributed by atoms with van der Waals surface area (Å²) in [5.74, 6) is 0.0457. The van der Waals surface area contributed by atoms with Crippen molar-refractivity contribution in [2.45, 2.75) is 44.1 Å². The van der Waals surface area contributed by atoms with Gasteiger partial charge in [0.2, 0.25) is 0 Å². The van der Waals surface area contributed by atoms with Gasteiger partial charge in [-0.05, 0) is 62.3 Å². The zero-order chi connectivity index (χ0) is 19.9. The number of rotatable bonds is 5. The topological polar surface area (TPSA) is 111 Å². The molecule has 0 unspecified atom stereocenters. The third-order valence-electron chi connectivity index (χ3n) is 6.15. The van der Waals surface area contributed by atoms with Crippen molar-refractivity contribution in [2.75, 3.05) is 6.61 Å². The highest BCUT2D eigenvalue weighted by atomic mass is 19.1. The Hall–Kier alpha value is -2.71. The molecule has 9 heteroatoms. The van der Waals surface area contributed by atoms with E-state index in [-0.39, 0.29) is 11.3 Å². The van der Waals surface area contributed by atoms with Crippen molar-refractivity contribution in [3.63, 3.8) is 0 Å². The van der Waals surface area contributed by atoms with Gasteiger partial charge in [0.15, 0.2) is 18.2 Å². The van der Waals surface area contributed by atoms with Gasteiger partial charge in [0, 0.05) is 11.6 Å². The van der Waals surface area contributed by atoms with Gasteiger partial charge >= 0.3 is 6.03 Å². The third kappa shape index (κ3) is 3.79. The van der Waals surface area contributed by atoms with Crippen LogP contribution < -0.4 is 15.4 Å². The molecule has 5 rings (SSSR count). The van der Waals surface area contributed by atoms with Crippen molar-refractivity contribution in [1.29, 1.82) is 0 Å². The van der Waals surface area contributed by atoms with Gasteiger partial charge in [-0.3, -0.25) is 20.2 Å². The van der Waals surface area contributed by atoms with E-state index in [9.17, 15) is 24.1 Å². The van der Waals surface area contributed by atoms with E-state index >= 15 is 0 Å². The lowest BCUT2D eigenvalue weighted by Gasteiger charge is -2.56. The zero-order valence-electron chi connectivity index (χ0n) is 15.3. The highest BCUT2D eigenvalue weighted by molar-refractivity contribution is 5.95. The molecule has 4 bridgehead atoms. The number of nitro groups is 1. The molecule has 150 valence electrons. The highest BCUT2D eigenvalue weighted by Crippen LogP contribution is 2.55. The molecule has 4 saturated carbocycles. The van der Waals surface area contributed by atoms with Gasteiger partial charge in [-0.1, -0.05) is 0 Å². The number of carbonyl (C=O) groups is 2. The molecule has 0 aliphatic heterocycles. The maximum atomic E-state index is 13.8. The van der Waals surface area contributed by atoms with Crippen LogP contribution in [0.5, 0.6) is 5.75 Å². The molecular weight excluding hydrogens is 369 g/mol. The van der Waals surface area contributed by atoms with Crippen LogP contribution in [0.1, 0.15) is 38.5 Å². The number of nitrogens with one attached hydrogen (secondary N) is 2. The third-order valence-corrected chi connectivity index (χ3v) is 6.15. The van der Waals surface area contributed by atoms with Crippen LogP contribution in [0.3, 0.4) is 0 Å². The van der Waals surface area contributed by atoms with Crippen LogP contribution in [0.25, 0.3) is 0 Å². The smallest absolute Gasteiger partial charge is 0.321 e. The van der Waals surface area contributed by atoms with E-state index in [4.69, 9.17) is 4.74 Å². The van der Waals surface area contributed by atoms with Crippen molar-refractivity contribution < 1.29 is 23.6 Å². The molecule has 28 heavy (non-hydrogen) atoms. The Morgan fingerprint density at radius 2 is 1.79 bits per heavy atom. The molecule has 1 aromatic carbocycles. The van der Waals surface area contributed by atoms with Crippen molar-refractivity contribution in [3.8, 4) is 5.75 Å². The molecule has 0 atom stereocenters. The lowest BCUT2D eigenvalue weighted by molar-refractivity contribution is -0.385. The molecular formula is C19H22FN3O5. The molecule has 3 amide bonds. The molecule has 4 aliphatic carbocycles. The highest BCUT2D eigenvalue weighted by Gasteiger charge is 2.51. The molecule has 4 aliphatic rings. The first-order valence-electron chi connectivity index (χ1n) is 9.51. The fraction of sp³-hybridized carbons (Fsp3) is 0.579. The summed E-state index contributed by atoms with van der Waals surface area (Å²) in [5.41, 5.74) is -0.631. The maximum Gasteiger partial charge on any atom is 0.321 e. The SMILES string of the molecule is O=C(COc1ccc([N+](=O)[O-])cc1F)NC(=O)NC12CC3CC(CC(C3)C1)C2. The average molecular weight is 391 g/mol. The second kappa shape index (κ2) is 7.03. The number of non-ortho nitro benzene ring substituents is 1. The average Bonchev–Trinajstić information content (AvgIpc) is 2.58. The summed E-state index contributed by atoms with van der Waals surface area (Å²) in [6, 6.07) is 2.32. The van der Waals surface area contributed by atoms with Crippen LogP contribution in [0.4, 0.5) is 14.9 Å². The van der Waals surface area contributed by atoms with Gasteiger partial charge in [-0.25, -0.2) is 9.18 Å². The quantitative estimate of drug-likeness (QED) is 0.592. The van der Waals surface area contributed by atoms with Gasteiger partial charge in [0.05, 0.1) is 11.0 Å². The summed E-state index contributed by atoms with van der Waals surface area (Å²) in [6.07, 6.45) is 6.63. The van der Waals surface area contributed by atoms with Gasteiger partial charge in [-0.15, -0.1) is 0 Å². The molecule has 0 saturated heterocycles. The molecule has 8 nitrogen and oxygen atoms in total. The number of benzene rings is 1. The first kappa shape index (κ1) is 18.6. The number of carbonyl (C=O) groups excluding carboxylic acids is 2. The summed E-state index contributed by atoms with van der Waals surface area (Å²) in [7, 11) is 0. The van der Waals surface area contributed by atoms with Crippen LogP contribution in [-0.2, 0) is 4.79 Å². The van der Waals surface area contributed by atoms with E-state index in [2.05, 4.69) is 10.6 Å². The number of hydrogen-bond donors (Lipinski definition) is 2. The van der Waals surface area contributed by atoms with Gasteiger partial charge in [0.1, 0.15) is 0 Å². The van der Waals surface area contributed by atoms with Crippen molar-refractivity contribution in [1.82, 2.24) is 10.6 Å². The standard InChI is InChI=1S/C19H22FN3O5/c20-15-6-14(23(26)27)1-2-16(15)28-10-17(24)21-18(25)22-19-7-11-3-12(8-19)5-13(4-11)9-19/h1-2,6,11-13H,3-5,7-10H2,(H2,21,22,24,25). The Bertz CT molecular complexity index is 793. The Morgan fingerprint density at radius 3 is 2.32 bits per heavy atom. The summed E-state index contributed by atoms with van der Waals surface area (Å²) >= 11 is 0. The van der Waals surface area contributed by atoms with Crippen LogP contribution in [-0.4, -0.2) is 29.0 Å². The lowest BCUT2D eigenvalue weighted by Crippen LogP contribution is -2.62. The van der Waals surface area contributed by atoms with E-state index in [1.165, 1.54) is 19.3 Å². The van der Waals surface area contributed by atoms with Crippen LogP contribution in [0.2, 0.25) is 0 Å². The van der Waals surface area contributed by atoms with Gasteiger partial charge in [-0.2, -0.15) is 0 Å². The minimum Gasteiger partial charge on any atom is -0.481 e. The number of nitrogens with zero attached hydrogens (tertiary/aromatic N) is 1. The molecule has 1 aromatic rings. The molecule has 0 radical (unpaired) electrons.